The number of nitrogens with one attached hydrogen (secondary N) is 2. The summed E-state index contributed by atoms with van der Waals surface area (Å²) in [4.78, 5) is 35.2. The summed E-state index contributed by atoms with van der Waals surface area (Å²) < 4.78 is 6.10. The maximum atomic E-state index is 12.3. The van der Waals surface area contributed by atoms with Crippen LogP contribution in [-0.4, -0.2) is 30.9 Å². The van der Waals surface area contributed by atoms with Gasteiger partial charge in [0.2, 0.25) is 5.91 Å². The fourth-order valence-electron chi connectivity index (χ4n) is 2.26. The molecule has 0 aliphatic heterocycles. The largest absolute Gasteiger partial charge is 0.483 e. The molecule has 0 saturated carbocycles. The Balaban J connectivity index is 1.88. The Labute approximate surface area is 165 Å². The SMILES string of the molecule is Cc1ccc(Br)cc1NC(=O)CCNC(=O)c1ccccc1OCC(N)=O. The number of anilines is 1. The lowest BCUT2D eigenvalue weighted by molar-refractivity contribution is -0.120. The lowest BCUT2D eigenvalue weighted by Crippen LogP contribution is -2.28. The topological polar surface area (TPSA) is 111 Å². The first-order chi connectivity index (χ1) is 12.9. The maximum Gasteiger partial charge on any atom is 0.255 e. The second-order valence-corrected chi connectivity index (χ2v) is 6.68. The molecular weight excluding hydrogens is 414 g/mol. The third kappa shape index (κ3) is 6.41. The van der Waals surface area contributed by atoms with Crippen LogP contribution in [0.2, 0.25) is 0 Å². The predicted octanol–water partition coefficient (Wildman–Crippen LogP) is 2.38. The van der Waals surface area contributed by atoms with Gasteiger partial charge in [-0.1, -0.05) is 34.1 Å². The number of carbonyl (C=O) groups excluding carboxylic acids is 3. The molecule has 0 aliphatic rings. The van der Waals surface area contributed by atoms with Crippen LogP contribution in [0.5, 0.6) is 5.75 Å². The highest BCUT2D eigenvalue weighted by Gasteiger charge is 2.13. The lowest BCUT2D eigenvalue weighted by atomic mass is 10.2. The van der Waals surface area contributed by atoms with Crippen molar-refractivity contribution in [1.29, 1.82) is 0 Å². The molecule has 0 radical (unpaired) electrons. The Hall–Kier alpha value is -2.87. The van der Waals surface area contributed by atoms with Gasteiger partial charge in [0.1, 0.15) is 5.75 Å². The third-order valence-electron chi connectivity index (χ3n) is 3.61. The quantitative estimate of drug-likeness (QED) is 0.593. The monoisotopic (exact) mass is 433 g/mol. The van der Waals surface area contributed by atoms with E-state index in [0.29, 0.717) is 5.69 Å². The van der Waals surface area contributed by atoms with E-state index in [4.69, 9.17) is 10.5 Å². The van der Waals surface area contributed by atoms with Crippen LogP contribution in [0.25, 0.3) is 0 Å². The standard InChI is InChI=1S/C19H20BrN3O4/c1-12-6-7-13(20)10-15(12)23-18(25)8-9-22-19(26)14-4-2-3-5-16(14)27-11-17(21)24/h2-7,10H,8-9,11H2,1H3,(H2,21,24)(H,22,26)(H,23,25). The fraction of sp³-hybridized carbons (Fsp3) is 0.211. The van der Waals surface area contributed by atoms with Crippen LogP contribution >= 0.6 is 15.9 Å². The van der Waals surface area contributed by atoms with Gasteiger partial charge in [0.05, 0.1) is 5.56 Å². The van der Waals surface area contributed by atoms with Crippen molar-refractivity contribution in [3.8, 4) is 5.75 Å². The molecule has 0 saturated heterocycles. The van der Waals surface area contributed by atoms with E-state index in [1.54, 1.807) is 24.3 Å². The van der Waals surface area contributed by atoms with Gasteiger partial charge in [-0.2, -0.15) is 0 Å². The van der Waals surface area contributed by atoms with Crippen LogP contribution < -0.4 is 21.1 Å². The molecule has 2 aromatic rings. The highest BCUT2D eigenvalue weighted by atomic mass is 79.9. The Kier molecular flexibility index (Phi) is 7.36. The van der Waals surface area contributed by atoms with Gasteiger partial charge in [0.15, 0.2) is 6.61 Å². The number of hydrogen-bond acceptors (Lipinski definition) is 4. The highest BCUT2D eigenvalue weighted by Crippen LogP contribution is 2.21. The molecule has 142 valence electrons. The second kappa shape index (κ2) is 9.72. The summed E-state index contributed by atoms with van der Waals surface area (Å²) in [5, 5.41) is 5.48. The van der Waals surface area contributed by atoms with Crippen LogP contribution in [0.3, 0.4) is 0 Å². The predicted molar refractivity (Wildman–Crippen MR) is 106 cm³/mol. The number of para-hydroxylation sites is 1. The Morgan fingerprint density at radius 2 is 1.89 bits per heavy atom. The van der Waals surface area contributed by atoms with E-state index in [-0.39, 0.29) is 36.8 Å². The molecule has 27 heavy (non-hydrogen) atoms. The molecule has 0 aromatic heterocycles. The van der Waals surface area contributed by atoms with Gasteiger partial charge in [0, 0.05) is 23.1 Å². The minimum Gasteiger partial charge on any atom is -0.483 e. The van der Waals surface area contributed by atoms with Gasteiger partial charge in [-0.3, -0.25) is 14.4 Å². The first-order valence-corrected chi connectivity index (χ1v) is 9.00. The summed E-state index contributed by atoms with van der Waals surface area (Å²) in [6, 6.07) is 12.1. The van der Waals surface area contributed by atoms with E-state index in [2.05, 4.69) is 26.6 Å². The molecule has 0 aliphatic carbocycles. The minimum absolute atomic E-state index is 0.113. The van der Waals surface area contributed by atoms with Crippen molar-refractivity contribution in [1.82, 2.24) is 5.32 Å². The van der Waals surface area contributed by atoms with E-state index < -0.39 is 11.8 Å². The van der Waals surface area contributed by atoms with Crippen LogP contribution in [0.4, 0.5) is 5.69 Å². The van der Waals surface area contributed by atoms with E-state index in [1.807, 2.05) is 25.1 Å². The number of ether oxygens (including phenoxy) is 1. The summed E-state index contributed by atoms with van der Waals surface area (Å²) in [5.41, 5.74) is 6.97. The van der Waals surface area contributed by atoms with Crippen LogP contribution in [-0.2, 0) is 9.59 Å². The zero-order valence-electron chi connectivity index (χ0n) is 14.8. The number of hydrogen-bond donors (Lipinski definition) is 3. The first-order valence-electron chi connectivity index (χ1n) is 8.21. The molecule has 0 unspecified atom stereocenters. The molecular formula is C19H20BrN3O4. The fourth-order valence-corrected chi connectivity index (χ4v) is 2.62. The second-order valence-electron chi connectivity index (χ2n) is 5.76. The van der Waals surface area contributed by atoms with Crippen molar-refractivity contribution in [2.75, 3.05) is 18.5 Å². The average molecular weight is 434 g/mol. The van der Waals surface area contributed by atoms with Gasteiger partial charge in [-0.15, -0.1) is 0 Å². The summed E-state index contributed by atoms with van der Waals surface area (Å²) in [6.07, 6.45) is 0.113. The van der Waals surface area contributed by atoms with Crippen LogP contribution in [0.15, 0.2) is 46.9 Å². The molecule has 4 N–H and O–H groups in total. The van der Waals surface area contributed by atoms with Crippen molar-refractivity contribution in [3.63, 3.8) is 0 Å². The molecule has 3 amide bonds. The molecule has 0 bridgehead atoms. The summed E-state index contributed by atoms with van der Waals surface area (Å²) >= 11 is 3.36. The molecule has 2 aromatic carbocycles. The molecule has 0 heterocycles. The van der Waals surface area contributed by atoms with E-state index >= 15 is 0 Å². The van der Waals surface area contributed by atoms with Crippen molar-refractivity contribution < 1.29 is 19.1 Å². The highest BCUT2D eigenvalue weighted by molar-refractivity contribution is 9.10. The summed E-state index contributed by atoms with van der Waals surface area (Å²) in [6.45, 7) is 1.73. The van der Waals surface area contributed by atoms with Gasteiger partial charge in [0.25, 0.3) is 11.8 Å². The number of primary amides is 1. The van der Waals surface area contributed by atoms with Crippen LogP contribution in [0.1, 0.15) is 22.3 Å². The number of rotatable bonds is 8. The van der Waals surface area contributed by atoms with Crippen molar-refractivity contribution in [2.45, 2.75) is 13.3 Å². The molecule has 7 nitrogen and oxygen atoms in total. The number of carbonyl (C=O) groups is 3. The normalized spacial score (nSPS) is 10.1. The summed E-state index contributed by atoms with van der Waals surface area (Å²) in [7, 11) is 0. The first kappa shape index (κ1) is 20.4. The van der Waals surface area contributed by atoms with E-state index in [1.165, 1.54) is 0 Å². The van der Waals surface area contributed by atoms with Gasteiger partial charge < -0.3 is 21.1 Å². The lowest BCUT2D eigenvalue weighted by Gasteiger charge is -2.11. The number of amides is 3. The number of halogens is 1. The number of aryl methyl sites for hydroxylation is 1. The Morgan fingerprint density at radius 1 is 1.15 bits per heavy atom. The zero-order valence-corrected chi connectivity index (χ0v) is 16.3. The third-order valence-corrected chi connectivity index (χ3v) is 4.11. The van der Waals surface area contributed by atoms with Crippen molar-refractivity contribution in [3.05, 3.63) is 58.1 Å². The molecule has 8 heteroatoms. The van der Waals surface area contributed by atoms with Crippen molar-refractivity contribution >= 4 is 39.3 Å². The molecule has 2 rings (SSSR count). The van der Waals surface area contributed by atoms with E-state index in [0.717, 1.165) is 10.0 Å². The molecule has 0 fully saturated rings. The average Bonchev–Trinajstić information content (AvgIpc) is 2.63. The Bertz CT molecular complexity index is 855. The Morgan fingerprint density at radius 3 is 2.63 bits per heavy atom. The van der Waals surface area contributed by atoms with Gasteiger partial charge >= 0.3 is 0 Å². The number of nitrogens with two attached hydrogens (primary N) is 1. The summed E-state index contributed by atoms with van der Waals surface area (Å²) in [5.74, 6) is -0.996. The zero-order chi connectivity index (χ0) is 19.8. The number of benzene rings is 2. The maximum absolute atomic E-state index is 12.3. The van der Waals surface area contributed by atoms with Crippen molar-refractivity contribution in [2.24, 2.45) is 5.73 Å². The molecule has 0 atom stereocenters. The van der Waals surface area contributed by atoms with Crippen LogP contribution in [0, 0.1) is 6.92 Å². The van der Waals surface area contributed by atoms with Gasteiger partial charge in [-0.25, -0.2) is 0 Å². The minimum atomic E-state index is -0.635. The smallest absolute Gasteiger partial charge is 0.255 e. The molecule has 0 spiro atoms. The van der Waals surface area contributed by atoms with Gasteiger partial charge in [-0.05, 0) is 36.8 Å². The van der Waals surface area contributed by atoms with E-state index in [9.17, 15) is 14.4 Å².